The predicted octanol–water partition coefficient (Wildman–Crippen LogP) is 1.77. The fourth-order valence-corrected chi connectivity index (χ4v) is 2.18. The fourth-order valence-electron chi connectivity index (χ4n) is 1.21. The number of carbonyl (C=O) groups excluding carboxylic acids is 1. The smallest absolute Gasteiger partial charge is 0.209 e. The maximum Gasteiger partial charge on any atom is 0.209 e. The third-order valence-electron chi connectivity index (χ3n) is 1.68. The SMILES string of the molecule is O=[C]CSC1CCCC1. The Morgan fingerprint density at radius 3 is 2.67 bits per heavy atom. The van der Waals surface area contributed by atoms with Gasteiger partial charge in [0.15, 0.2) is 0 Å². The van der Waals surface area contributed by atoms with Crippen molar-refractivity contribution in [2.24, 2.45) is 0 Å². The Kier molecular flexibility index (Phi) is 3.12. The van der Waals surface area contributed by atoms with Gasteiger partial charge in [-0.1, -0.05) is 12.8 Å². The minimum atomic E-state index is 0.574. The normalized spacial score (nSPS) is 20.4. The van der Waals surface area contributed by atoms with Crippen molar-refractivity contribution in [2.45, 2.75) is 30.9 Å². The van der Waals surface area contributed by atoms with Crippen molar-refractivity contribution in [1.29, 1.82) is 0 Å². The molecule has 1 aliphatic carbocycles. The molecule has 0 N–H and O–H groups in total. The van der Waals surface area contributed by atoms with Gasteiger partial charge in [-0.25, -0.2) is 0 Å². The van der Waals surface area contributed by atoms with Crippen molar-refractivity contribution < 1.29 is 4.79 Å². The molecule has 1 fully saturated rings. The molecule has 0 heterocycles. The van der Waals surface area contributed by atoms with Gasteiger partial charge in [0, 0.05) is 5.25 Å². The molecule has 0 atom stereocenters. The first-order valence-electron chi connectivity index (χ1n) is 3.40. The van der Waals surface area contributed by atoms with Crippen molar-refractivity contribution in [1.82, 2.24) is 0 Å². The monoisotopic (exact) mass is 143 g/mol. The first kappa shape index (κ1) is 7.13. The van der Waals surface area contributed by atoms with Crippen molar-refractivity contribution >= 4 is 18.0 Å². The Hall–Kier alpha value is 0.0200. The van der Waals surface area contributed by atoms with Crippen LogP contribution in [0.25, 0.3) is 0 Å². The van der Waals surface area contributed by atoms with Crippen molar-refractivity contribution in [3.05, 3.63) is 0 Å². The summed E-state index contributed by atoms with van der Waals surface area (Å²) in [7, 11) is 0. The molecule has 0 aromatic heterocycles. The molecule has 0 unspecified atom stereocenters. The second-order valence-corrected chi connectivity index (χ2v) is 3.65. The Morgan fingerprint density at radius 1 is 1.44 bits per heavy atom. The summed E-state index contributed by atoms with van der Waals surface area (Å²) in [5.74, 6) is 0.574. The van der Waals surface area contributed by atoms with E-state index in [9.17, 15) is 4.79 Å². The zero-order chi connectivity index (χ0) is 6.53. The van der Waals surface area contributed by atoms with E-state index >= 15 is 0 Å². The molecular weight excluding hydrogens is 132 g/mol. The highest BCUT2D eigenvalue weighted by atomic mass is 32.2. The summed E-state index contributed by atoms with van der Waals surface area (Å²) in [6, 6.07) is 0. The van der Waals surface area contributed by atoms with Gasteiger partial charge in [-0.15, -0.1) is 0 Å². The third kappa shape index (κ3) is 2.39. The summed E-state index contributed by atoms with van der Waals surface area (Å²) >= 11 is 1.76. The van der Waals surface area contributed by atoms with Crippen LogP contribution in [0.2, 0.25) is 0 Å². The van der Waals surface area contributed by atoms with Gasteiger partial charge < -0.3 is 0 Å². The topological polar surface area (TPSA) is 17.1 Å². The molecule has 0 aromatic carbocycles. The molecule has 9 heavy (non-hydrogen) atoms. The number of hydrogen-bond acceptors (Lipinski definition) is 2. The molecule has 1 radical (unpaired) electrons. The molecule has 1 rings (SSSR count). The summed E-state index contributed by atoms with van der Waals surface area (Å²) < 4.78 is 0. The largest absolute Gasteiger partial charge is 0.290 e. The molecule has 0 saturated heterocycles. The Morgan fingerprint density at radius 2 is 2.11 bits per heavy atom. The van der Waals surface area contributed by atoms with Crippen LogP contribution in [0.5, 0.6) is 0 Å². The van der Waals surface area contributed by atoms with E-state index in [0.29, 0.717) is 5.75 Å². The van der Waals surface area contributed by atoms with E-state index in [2.05, 4.69) is 0 Å². The lowest BCUT2D eigenvalue weighted by Gasteiger charge is -2.02. The Bertz CT molecular complexity index is 86.9. The van der Waals surface area contributed by atoms with Crippen molar-refractivity contribution in [2.75, 3.05) is 5.75 Å². The number of thioether (sulfide) groups is 1. The fraction of sp³-hybridized carbons (Fsp3) is 0.857. The van der Waals surface area contributed by atoms with Crippen molar-refractivity contribution in [3.8, 4) is 0 Å². The van der Waals surface area contributed by atoms with E-state index in [1.54, 1.807) is 11.8 Å². The molecule has 0 bridgehead atoms. The van der Waals surface area contributed by atoms with E-state index in [1.165, 1.54) is 25.7 Å². The second kappa shape index (κ2) is 3.94. The Balaban J connectivity index is 2.04. The molecule has 0 spiro atoms. The van der Waals surface area contributed by atoms with Crippen LogP contribution in [0.1, 0.15) is 25.7 Å². The predicted molar refractivity (Wildman–Crippen MR) is 40.4 cm³/mol. The van der Waals surface area contributed by atoms with Crippen LogP contribution in [0, 0.1) is 0 Å². The van der Waals surface area contributed by atoms with Crippen LogP contribution < -0.4 is 0 Å². The van der Waals surface area contributed by atoms with Crippen LogP contribution in [0.3, 0.4) is 0 Å². The average Bonchev–Trinajstić information content (AvgIpc) is 2.34. The van der Waals surface area contributed by atoms with E-state index in [-0.39, 0.29) is 0 Å². The highest BCUT2D eigenvalue weighted by molar-refractivity contribution is 8.00. The molecule has 51 valence electrons. The molecular formula is C7H11OS. The Labute approximate surface area is 60.2 Å². The van der Waals surface area contributed by atoms with Crippen LogP contribution in [0.4, 0.5) is 0 Å². The molecule has 0 aromatic rings. The maximum absolute atomic E-state index is 9.82. The van der Waals surface area contributed by atoms with Gasteiger partial charge in [-0.2, -0.15) is 11.8 Å². The lowest BCUT2D eigenvalue weighted by molar-refractivity contribution is 0.560. The quantitative estimate of drug-likeness (QED) is 0.599. The molecule has 1 aliphatic rings. The summed E-state index contributed by atoms with van der Waals surface area (Å²) in [6.45, 7) is 0. The maximum atomic E-state index is 9.82. The third-order valence-corrected chi connectivity index (χ3v) is 2.91. The zero-order valence-corrected chi connectivity index (χ0v) is 6.25. The van der Waals surface area contributed by atoms with E-state index in [0.717, 1.165) is 5.25 Å². The minimum absolute atomic E-state index is 0.574. The summed E-state index contributed by atoms with van der Waals surface area (Å²) in [4.78, 5) is 9.82. The summed E-state index contributed by atoms with van der Waals surface area (Å²) in [5.41, 5.74) is 0. The van der Waals surface area contributed by atoms with Crippen LogP contribution in [0.15, 0.2) is 0 Å². The van der Waals surface area contributed by atoms with Gasteiger partial charge in [-0.3, -0.25) is 4.79 Å². The van der Waals surface area contributed by atoms with Crippen LogP contribution >= 0.6 is 11.8 Å². The van der Waals surface area contributed by atoms with Crippen LogP contribution in [-0.4, -0.2) is 17.3 Å². The lowest BCUT2D eigenvalue weighted by Crippen LogP contribution is -1.95. The zero-order valence-electron chi connectivity index (χ0n) is 5.43. The van der Waals surface area contributed by atoms with Gasteiger partial charge in [-0.05, 0) is 12.8 Å². The van der Waals surface area contributed by atoms with E-state index < -0.39 is 0 Å². The number of hydrogen-bond donors (Lipinski definition) is 0. The molecule has 1 nitrogen and oxygen atoms in total. The van der Waals surface area contributed by atoms with Gasteiger partial charge >= 0.3 is 0 Å². The van der Waals surface area contributed by atoms with Crippen molar-refractivity contribution in [3.63, 3.8) is 0 Å². The highest BCUT2D eigenvalue weighted by Gasteiger charge is 2.14. The first-order chi connectivity index (χ1) is 4.43. The standard InChI is InChI=1S/C7H11OS/c8-5-6-9-7-3-1-2-4-7/h7H,1-4,6H2. The van der Waals surface area contributed by atoms with Gasteiger partial charge in [0.25, 0.3) is 0 Å². The van der Waals surface area contributed by atoms with Crippen LogP contribution in [-0.2, 0) is 4.79 Å². The van der Waals surface area contributed by atoms with Gasteiger partial charge in [0.05, 0.1) is 5.75 Å². The first-order valence-corrected chi connectivity index (χ1v) is 4.45. The van der Waals surface area contributed by atoms with E-state index in [4.69, 9.17) is 0 Å². The average molecular weight is 143 g/mol. The van der Waals surface area contributed by atoms with Gasteiger partial charge in [0.2, 0.25) is 6.29 Å². The second-order valence-electron chi connectivity index (χ2n) is 2.36. The molecule has 0 amide bonds. The summed E-state index contributed by atoms with van der Waals surface area (Å²) in [6.07, 6.45) is 7.25. The minimum Gasteiger partial charge on any atom is -0.290 e. The van der Waals surface area contributed by atoms with E-state index in [1.807, 2.05) is 6.29 Å². The lowest BCUT2D eigenvalue weighted by atomic mass is 10.4. The number of rotatable bonds is 3. The highest BCUT2D eigenvalue weighted by Crippen LogP contribution is 2.28. The molecule has 2 heteroatoms. The summed E-state index contributed by atoms with van der Waals surface area (Å²) in [5, 5.41) is 0.770. The molecule has 0 aliphatic heterocycles. The molecule has 1 saturated carbocycles. The van der Waals surface area contributed by atoms with Gasteiger partial charge in [0.1, 0.15) is 0 Å².